The van der Waals surface area contributed by atoms with Crippen molar-refractivity contribution in [2.24, 2.45) is 11.8 Å². The zero-order valence-electron chi connectivity index (χ0n) is 11.7. The molecule has 3 N–H and O–H groups in total. The smallest absolute Gasteiger partial charge is 0.147 e. The van der Waals surface area contributed by atoms with Crippen LogP contribution in [0, 0.1) is 11.8 Å². The molecule has 2 aromatic heterocycles. The van der Waals surface area contributed by atoms with E-state index in [2.05, 4.69) is 21.6 Å². The summed E-state index contributed by atoms with van der Waals surface area (Å²) in [5, 5.41) is 4.63. The quantitative estimate of drug-likeness (QED) is 0.901. The molecule has 0 aromatic carbocycles. The number of nitrogens with one attached hydrogen (secondary N) is 1. The van der Waals surface area contributed by atoms with E-state index in [9.17, 15) is 0 Å². The van der Waals surface area contributed by atoms with Gasteiger partial charge in [-0.2, -0.15) is 4.37 Å². The van der Waals surface area contributed by atoms with E-state index >= 15 is 0 Å². The number of anilines is 2. The van der Waals surface area contributed by atoms with Gasteiger partial charge in [-0.25, -0.2) is 0 Å². The van der Waals surface area contributed by atoms with Crippen molar-refractivity contribution in [1.29, 1.82) is 0 Å². The molecule has 0 amide bonds. The van der Waals surface area contributed by atoms with Crippen molar-refractivity contribution in [3.05, 3.63) is 24.5 Å². The standard InChI is InChI=1S/C15H20N4S/c1-10-2-3-11(8-10)9-18-15-13(14(16)19-20-15)12-4-6-17-7-5-12/h4-7,10-11,18H,2-3,8-9H2,1H3,(H2,16,19). The van der Waals surface area contributed by atoms with E-state index in [0.29, 0.717) is 5.82 Å². The number of hydrogen-bond donors (Lipinski definition) is 2. The number of hydrogen-bond acceptors (Lipinski definition) is 5. The second kappa shape index (κ2) is 5.79. The van der Waals surface area contributed by atoms with Crippen molar-refractivity contribution in [1.82, 2.24) is 9.36 Å². The second-order valence-electron chi connectivity index (χ2n) is 5.67. The van der Waals surface area contributed by atoms with Crippen molar-refractivity contribution in [2.45, 2.75) is 26.2 Å². The van der Waals surface area contributed by atoms with E-state index < -0.39 is 0 Å². The van der Waals surface area contributed by atoms with Gasteiger partial charge in [0.1, 0.15) is 10.8 Å². The first-order chi connectivity index (χ1) is 9.74. The molecule has 4 nitrogen and oxygen atoms in total. The average Bonchev–Trinajstić information content (AvgIpc) is 3.03. The lowest BCUT2D eigenvalue weighted by atomic mass is 10.1. The first-order valence-corrected chi connectivity index (χ1v) is 7.90. The van der Waals surface area contributed by atoms with Crippen LogP contribution in [0.5, 0.6) is 0 Å². The predicted molar refractivity (Wildman–Crippen MR) is 84.8 cm³/mol. The number of pyridine rings is 1. The Morgan fingerprint density at radius 1 is 1.35 bits per heavy atom. The third-order valence-corrected chi connectivity index (χ3v) is 4.86. The van der Waals surface area contributed by atoms with Crippen molar-refractivity contribution in [3.8, 4) is 11.1 Å². The minimum Gasteiger partial charge on any atom is -0.382 e. The highest BCUT2D eigenvalue weighted by molar-refractivity contribution is 7.11. The molecule has 1 aliphatic rings. The Bertz CT molecular complexity index is 567. The summed E-state index contributed by atoms with van der Waals surface area (Å²) >= 11 is 1.45. The molecule has 20 heavy (non-hydrogen) atoms. The molecule has 0 aliphatic heterocycles. The Kier molecular flexibility index (Phi) is 3.87. The van der Waals surface area contributed by atoms with Gasteiger partial charge in [0.25, 0.3) is 0 Å². The van der Waals surface area contributed by atoms with Crippen LogP contribution in [0.1, 0.15) is 26.2 Å². The lowest BCUT2D eigenvalue weighted by Crippen LogP contribution is -2.11. The fourth-order valence-electron chi connectivity index (χ4n) is 2.97. The Hall–Kier alpha value is -1.62. The van der Waals surface area contributed by atoms with Gasteiger partial charge >= 0.3 is 0 Å². The molecule has 1 fully saturated rings. The van der Waals surface area contributed by atoms with Crippen molar-refractivity contribution < 1.29 is 0 Å². The number of nitrogen functional groups attached to an aromatic ring is 1. The van der Waals surface area contributed by atoms with Crippen LogP contribution in [0.25, 0.3) is 11.1 Å². The van der Waals surface area contributed by atoms with Crippen LogP contribution in [0.2, 0.25) is 0 Å². The monoisotopic (exact) mass is 288 g/mol. The predicted octanol–water partition coefficient (Wildman–Crippen LogP) is 3.64. The normalized spacial score (nSPS) is 22.1. The van der Waals surface area contributed by atoms with Crippen LogP contribution in [0.3, 0.4) is 0 Å². The summed E-state index contributed by atoms with van der Waals surface area (Å²) in [6.45, 7) is 3.36. The van der Waals surface area contributed by atoms with Crippen molar-refractivity contribution >= 4 is 22.4 Å². The van der Waals surface area contributed by atoms with Gasteiger partial charge in [0.2, 0.25) is 0 Å². The average molecular weight is 288 g/mol. The molecule has 2 heterocycles. The van der Waals surface area contributed by atoms with E-state index in [-0.39, 0.29) is 0 Å². The van der Waals surface area contributed by atoms with Gasteiger partial charge in [-0.05, 0) is 53.9 Å². The summed E-state index contributed by atoms with van der Waals surface area (Å²) in [5.74, 6) is 2.25. The van der Waals surface area contributed by atoms with Gasteiger partial charge in [0.05, 0.1) is 5.56 Å². The molecule has 3 rings (SSSR count). The molecule has 2 aromatic rings. The van der Waals surface area contributed by atoms with Gasteiger partial charge in [-0.3, -0.25) is 4.98 Å². The largest absolute Gasteiger partial charge is 0.382 e. The minimum absolute atomic E-state index is 0.600. The van der Waals surface area contributed by atoms with Crippen molar-refractivity contribution in [2.75, 3.05) is 17.6 Å². The van der Waals surface area contributed by atoms with Crippen LogP contribution in [0.4, 0.5) is 10.8 Å². The first-order valence-electron chi connectivity index (χ1n) is 7.13. The zero-order valence-corrected chi connectivity index (χ0v) is 12.5. The molecule has 2 unspecified atom stereocenters. The molecule has 1 saturated carbocycles. The lowest BCUT2D eigenvalue weighted by molar-refractivity contribution is 0.537. The van der Waals surface area contributed by atoms with Crippen LogP contribution >= 0.6 is 11.5 Å². The Morgan fingerprint density at radius 2 is 2.15 bits per heavy atom. The minimum atomic E-state index is 0.600. The molecular formula is C15H20N4S. The Balaban J connectivity index is 1.74. The van der Waals surface area contributed by atoms with E-state index in [4.69, 9.17) is 5.73 Å². The molecule has 2 atom stereocenters. The van der Waals surface area contributed by atoms with Gasteiger partial charge < -0.3 is 11.1 Å². The fourth-order valence-corrected chi connectivity index (χ4v) is 3.71. The fraction of sp³-hybridized carbons (Fsp3) is 0.467. The van der Waals surface area contributed by atoms with Gasteiger partial charge in [-0.15, -0.1) is 0 Å². The molecular weight excluding hydrogens is 268 g/mol. The van der Waals surface area contributed by atoms with E-state index in [1.165, 1.54) is 30.8 Å². The van der Waals surface area contributed by atoms with E-state index in [1.807, 2.05) is 12.1 Å². The third kappa shape index (κ3) is 2.77. The first kappa shape index (κ1) is 13.4. The SMILES string of the molecule is CC1CCC(CNc2snc(N)c2-c2ccncc2)C1. The highest BCUT2D eigenvalue weighted by Gasteiger charge is 2.22. The van der Waals surface area contributed by atoms with E-state index in [0.717, 1.165) is 34.5 Å². The van der Waals surface area contributed by atoms with Gasteiger partial charge in [0.15, 0.2) is 0 Å². The van der Waals surface area contributed by atoms with Crippen LogP contribution in [-0.4, -0.2) is 15.9 Å². The maximum atomic E-state index is 6.02. The number of rotatable bonds is 4. The topological polar surface area (TPSA) is 63.8 Å². The van der Waals surface area contributed by atoms with Crippen LogP contribution in [0.15, 0.2) is 24.5 Å². The molecule has 1 aliphatic carbocycles. The van der Waals surface area contributed by atoms with Crippen molar-refractivity contribution in [3.63, 3.8) is 0 Å². The molecule has 106 valence electrons. The third-order valence-electron chi connectivity index (χ3n) is 4.04. The van der Waals surface area contributed by atoms with Gasteiger partial charge in [-0.1, -0.05) is 13.3 Å². The summed E-state index contributed by atoms with van der Waals surface area (Å²) in [6.07, 6.45) is 7.58. The van der Waals surface area contributed by atoms with Crippen LogP contribution < -0.4 is 11.1 Å². The molecule has 0 bridgehead atoms. The maximum absolute atomic E-state index is 6.02. The maximum Gasteiger partial charge on any atom is 0.147 e. The highest BCUT2D eigenvalue weighted by atomic mass is 32.1. The second-order valence-corrected chi connectivity index (χ2v) is 6.45. The molecule has 5 heteroatoms. The van der Waals surface area contributed by atoms with Crippen LogP contribution in [-0.2, 0) is 0 Å². The zero-order chi connectivity index (χ0) is 13.9. The van der Waals surface area contributed by atoms with E-state index in [1.54, 1.807) is 12.4 Å². The molecule has 0 radical (unpaired) electrons. The molecule has 0 saturated heterocycles. The number of nitrogens with two attached hydrogens (primary N) is 1. The summed E-state index contributed by atoms with van der Waals surface area (Å²) in [5.41, 5.74) is 8.11. The summed E-state index contributed by atoms with van der Waals surface area (Å²) in [7, 11) is 0. The van der Waals surface area contributed by atoms with Gasteiger partial charge in [0, 0.05) is 18.9 Å². The number of aromatic nitrogens is 2. The highest BCUT2D eigenvalue weighted by Crippen LogP contribution is 2.37. The Labute approximate surface area is 123 Å². The lowest BCUT2D eigenvalue weighted by Gasteiger charge is -2.12. The number of nitrogens with zero attached hydrogens (tertiary/aromatic N) is 2. The molecule has 0 spiro atoms. The summed E-state index contributed by atoms with van der Waals surface area (Å²) in [6, 6.07) is 3.95. The Morgan fingerprint density at radius 3 is 2.85 bits per heavy atom. The summed E-state index contributed by atoms with van der Waals surface area (Å²) in [4.78, 5) is 4.05. The summed E-state index contributed by atoms with van der Waals surface area (Å²) < 4.78 is 4.29.